The number of sulfone groups is 1. The maximum atomic E-state index is 13.7. The highest BCUT2D eigenvalue weighted by molar-refractivity contribution is 7.91. The second kappa shape index (κ2) is 11.9. The molecule has 2 amide bonds. The summed E-state index contributed by atoms with van der Waals surface area (Å²) in [6.07, 6.45) is 1.43. The molecule has 0 bridgehead atoms. The molecule has 0 spiro atoms. The number of halogens is 1. The van der Waals surface area contributed by atoms with Crippen LogP contribution in [-0.2, 0) is 9.84 Å². The van der Waals surface area contributed by atoms with Crippen molar-refractivity contribution in [2.45, 2.75) is 9.79 Å². The minimum atomic E-state index is -3.98. The van der Waals surface area contributed by atoms with Crippen LogP contribution in [0.4, 0.5) is 15.8 Å². The summed E-state index contributed by atoms with van der Waals surface area (Å²) in [5.74, 6) is -1.53. The van der Waals surface area contributed by atoms with Crippen molar-refractivity contribution in [3.8, 4) is 0 Å². The number of aromatic nitrogens is 2. The third kappa shape index (κ3) is 5.77. The zero-order valence-corrected chi connectivity index (χ0v) is 24.6. The van der Waals surface area contributed by atoms with E-state index in [1.165, 1.54) is 47.4 Å². The van der Waals surface area contributed by atoms with Gasteiger partial charge in [0.25, 0.3) is 11.8 Å². The van der Waals surface area contributed by atoms with E-state index in [1.807, 2.05) is 19.2 Å². The Balaban J connectivity index is 1.32. The second-order valence-electron chi connectivity index (χ2n) is 10.5. The molecule has 0 aliphatic carbocycles. The van der Waals surface area contributed by atoms with Gasteiger partial charge in [-0.15, -0.1) is 0 Å². The molecule has 0 radical (unpaired) electrons. The molecule has 1 aliphatic heterocycles. The van der Waals surface area contributed by atoms with E-state index in [2.05, 4.69) is 25.6 Å². The number of hydrogen-bond donors (Lipinski definition) is 2. The molecule has 10 nitrogen and oxygen atoms in total. The fourth-order valence-corrected chi connectivity index (χ4v) is 6.47. The zero-order valence-electron chi connectivity index (χ0n) is 23.8. The fraction of sp³-hybridized carbons (Fsp3) is 0.156. The van der Waals surface area contributed by atoms with Crippen molar-refractivity contribution in [2.24, 2.45) is 0 Å². The van der Waals surface area contributed by atoms with Gasteiger partial charge in [0.2, 0.25) is 9.84 Å². The van der Waals surface area contributed by atoms with Crippen LogP contribution < -0.4 is 15.6 Å². The number of carbonyl (C=O) groups excluding carboxylic acids is 2. The van der Waals surface area contributed by atoms with E-state index in [4.69, 9.17) is 0 Å². The lowest BCUT2D eigenvalue weighted by atomic mass is 10.1. The third-order valence-electron chi connectivity index (χ3n) is 7.57. The molecule has 0 saturated carbocycles. The average molecular weight is 613 g/mol. The standard InChI is InChI=1S/C32H29FN6O4S/c1-37-15-17-38(18-16-37)29-12-6-11-27(30(29)35-31(40)22-7-3-2-4-8-22)32(41)36-39-28-14-13-26(19-23(28)21-34-39)44(42,43)25-10-5-9-24(33)20-25/h2-14,19-21H,15-18H2,1H3,(H,35,40)(H,36,41). The minimum Gasteiger partial charge on any atom is -0.367 e. The molecule has 224 valence electrons. The lowest BCUT2D eigenvalue weighted by molar-refractivity contribution is 0.101. The number of nitrogens with one attached hydrogen (secondary N) is 2. The van der Waals surface area contributed by atoms with Crippen molar-refractivity contribution >= 4 is 43.9 Å². The molecule has 0 atom stereocenters. The van der Waals surface area contributed by atoms with Crippen molar-refractivity contribution in [3.63, 3.8) is 0 Å². The first-order valence-electron chi connectivity index (χ1n) is 13.9. The summed E-state index contributed by atoms with van der Waals surface area (Å²) < 4.78 is 39.9. The van der Waals surface area contributed by atoms with Crippen LogP contribution in [0.3, 0.4) is 0 Å². The quantitative estimate of drug-likeness (QED) is 0.280. The first kappa shape index (κ1) is 29.0. The van der Waals surface area contributed by atoms with Crippen LogP contribution in [0.25, 0.3) is 10.9 Å². The second-order valence-corrected chi connectivity index (χ2v) is 12.4. The van der Waals surface area contributed by atoms with E-state index < -0.39 is 21.6 Å². The third-order valence-corrected chi connectivity index (χ3v) is 9.32. The van der Waals surface area contributed by atoms with Crippen molar-refractivity contribution in [3.05, 3.63) is 114 Å². The molecular formula is C32H29FN6O4S. The van der Waals surface area contributed by atoms with E-state index in [9.17, 15) is 22.4 Å². The Morgan fingerprint density at radius 3 is 2.30 bits per heavy atom. The van der Waals surface area contributed by atoms with Crippen LogP contribution in [0.1, 0.15) is 20.7 Å². The summed E-state index contributed by atoms with van der Waals surface area (Å²) in [7, 11) is -1.93. The number of rotatable bonds is 7. The Hall–Kier alpha value is -5.07. The van der Waals surface area contributed by atoms with Gasteiger partial charge in [-0.2, -0.15) is 9.89 Å². The topological polar surface area (TPSA) is 117 Å². The van der Waals surface area contributed by atoms with Crippen molar-refractivity contribution in [1.29, 1.82) is 0 Å². The Morgan fingerprint density at radius 1 is 0.818 bits per heavy atom. The summed E-state index contributed by atoms with van der Waals surface area (Å²) in [6, 6.07) is 23.2. The number of benzene rings is 4. The predicted molar refractivity (Wildman–Crippen MR) is 166 cm³/mol. The zero-order chi connectivity index (χ0) is 30.8. The molecule has 1 aliphatic rings. The van der Waals surface area contributed by atoms with E-state index in [0.717, 1.165) is 37.9 Å². The van der Waals surface area contributed by atoms with E-state index in [0.29, 0.717) is 22.2 Å². The van der Waals surface area contributed by atoms with E-state index in [-0.39, 0.29) is 21.3 Å². The van der Waals surface area contributed by atoms with Crippen LogP contribution >= 0.6 is 0 Å². The Bertz CT molecular complexity index is 1970. The molecule has 5 aromatic rings. The lowest BCUT2D eigenvalue weighted by Gasteiger charge is -2.35. The van der Waals surface area contributed by atoms with Crippen LogP contribution in [0, 0.1) is 5.82 Å². The number of piperazine rings is 1. The summed E-state index contributed by atoms with van der Waals surface area (Å²) in [6.45, 7) is 3.11. The van der Waals surface area contributed by atoms with E-state index >= 15 is 0 Å². The Kier molecular flexibility index (Phi) is 7.85. The van der Waals surface area contributed by atoms with Crippen molar-refractivity contribution < 1.29 is 22.4 Å². The van der Waals surface area contributed by atoms with Crippen LogP contribution in [0.15, 0.2) is 107 Å². The van der Waals surface area contributed by atoms with Gasteiger partial charge in [0.15, 0.2) is 0 Å². The first-order valence-corrected chi connectivity index (χ1v) is 15.4. The van der Waals surface area contributed by atoms with Gasteiger partial charge in [-0.05, 0) is 67.7 Å². The van der Waals surface area contributed by atoms with Crippen LogP contribution in [0.5, 0.6) is 0 Å². The SMILES string of the molecule is CN1CCN(c2cccc(C(=O)Nn3ncc4cc(S(=O)(=O)c5cccc(F)c5)ccc43)c2NC(=O)c2ccccc2)CC1. The van der Waals surface area contributed by atoms with Crippen LogP contribution in [-0.4, -0.2) is 68.2 Å². The Labute approximate surface area is 253 Å². The van der Waals surface area contributed by atoms with Gasteiger partial charge < -0.3 is 15.1 Å². The summed E-state index contributed by atoms with van der Waals surface area (Å²) >= 11 is 0. The van der Waals surface area contributed by atoms with Gasteiger partial charge in [0.05, 0.1) is 38.4 Å². The molecule has 0 unspecified atom stereocenters. The molecule has 6 rings (SSSR count). The summed E-state index contributed by atoms with van der Waals surface area (Å²) in [4.78, 5) is 32.4. The molecule has 4 aromatic carbocycles. The highest BCUT2D eigenvalue weighted by Gasteiger charge is 2.24. The summed E-state index contributed by atoms with van der Waals surface area (Å²) in [5, 5.41) is 7.67. The number of para-hydroxylation sites is 1. The Morgan fingerprint density at radius 2 is 1.55 bits per heavy atom. The number of hydrogen-bond acceptors (Lipinski definition) is 7. The normalized spacial score (nSPS) is 14.0. The average Bonchev–Trinajstić information content (AvgIpc) is 3.43. The molecule has 1 saturated heterocycles. The van der Waals surface area contributed by atoms with Gasteiger partial charge in [0.1, 0.15) is 5.82 Å². The first-order chi connectivity index (χ1) is 21.2. The van der Waals surface area contributed by atoms with Gasteiger partial charge in [-0.25, -0.2) is 18.2 Å². The van der Waals surface area contributed by atoms with Gasteiger partial charge in [0, 0.05) is 37.1 Å². The monoisotopic (exact) mass is 612 g/mol. The largest absolute Gasteiger partial charge is 0.367 e. The maximum absolute atomic E-state index is 13.7. The van der Waals surface area contributed by atoms with Crippen LogP contribution in [0.2, 0.25) is 0 Å². The number of nitrogens with zero attached hydrogens (tertiary/aromatic N) is 4. The minimum absolute atomic E-state index is 0.0349. The molecule has 2 heterocycles. The number of amides is 2. The number of fused-ring (bicyclic) bond motifs is 1. The number of carbonyl (C=O) groups is 2. The molecule has 12 heteroatoms. The molecule has 1 fully saturated rings. The molecular weight excluding hydrogens is 583 g/mol. The van der Waals surface area contributed by atoms with Gasteiger partial charge in [-0.3, -0.25) is 9.59 Å². The maximum Gasteiger partial charge on any atom is 0.273 e. The predicted octanol–water partition coefficient (Wildman–Crippen LogP) is 4.40. The highest BCUT2D eigenvalue weighted by atomic mass is 32.2. The molecule has 1 aromatic heterocycles. The molecule has 44 heavy (non-hydrogen) atoms. The van der Waals surface area contributed by atoms with E-state index in [1.54, 1.807) is 36.4 Å². The highest BCUT2D eigenvalue weighted by Crippen LogP contribution is 2.32. The number of anilines is 2. The molecule has 2 N–H and O–H groups in total. The van der Waals surface area contributed by atoms with Crippen molar-refractivity contribution in [1.82, 2.24) is 14.8 Å². The fourth-order valence-electron chi connectivity index (χ4n) is 5.14. The smallest absolute Gasteiger partial charge is 0.273 e. The van der Waals surface area contributed by atoms with Gasteiger partial charge in [-0.1, -0.05) is 30.3 Å². The van der Waals surface area contributed by atoms with Gasteiger partial charge >= 0.3 is 0 Å². The number of likely N-dealkylation sites (N-methyl/N-ethyl adjacent to an activating group) is 1. The summed E-state index contributed by atoms with van der Waals surface area (Å²) in [5.41, 5.74) is 5.00. The van der Waals surface area contributed by atoms with Crippen molar-refractivity contribution in [2.75, 3.05) is 48.9 Å². The lowest BCUT2D eigenvalue weighted by Crippen LogP contribution is -2.45.